The average Bonchev–Trinajstić information content (AvgIpc) is 2.18. The molecule has 58 valence electrons. The molecule has 2 unspecified atom stereocenters. The van der Waals surface area contributed by atoms with Gasteiger partial charge in [-0.3, -0.25) is 0 Å². The smallest absolute Gasteiger partial charge is 0.0436 e. The Morgan fingerprint density at radius 3 is 2.80 bits per heavy atom. The summed E-state index contributed by atoms with van der Waals surface area (Å²) in [6.45, 7) is 2.17. The molecule has 2 rings (SSSR count). The first-order chi connectivity index (χ1) is 4.72. The quantitative estimate of drug-likeness (QED) is 0.556. The molecule has 2 heterocycles. The van der Waals surface area contributed by atoms with Gasteiger partial charge in [0.1, 0.15) is 0 Å². The molecule has 0 radical (unpaired) electrons. The van der Waals surface area contributed by atoms with Gasteiger partial charge in [0.2, 0.25) is 0 Å². The lowest BCUT2D eigenvalue weighted by Gasteiger charge is -2.37. The Labute approximate surface area is 61.8 Å². The number of hydrogen-bond acceptors (Lipinski definition) is 2. The number of hydrogen-bond donors (Lipinski definition) is 1. The van der Waals surface area contributed by atoms with E-state index in [9.17, 15) is 5.21 Å². The van der Waals surface area contributed by atoms with Crippen molar-refractivity contribution in [2.24, 2.45) is 0 Å². The number of piperidine rings is 1. The molecule has 1 N–H and O–H groups in total. The maximum atomic E-state index is 9.60. The maximum Gasteiger partial charge on any atom is 0.0436 e. The fourth-order valence-electron chi connectivity index (χ4n) is 2.38. The van der Waals surface area contributed by atoms with E-state index in [1.165, 1.54) is 32.1 Å². The van der Waals surface area contributed by atoms with Crippen LogP contribution in [0, 0.1) is 0 Å². The highest BCUT2D eigenvalue weighted by molar-refractivity contribution is 4.96. The third kappa shape index (κ3) is 0.722. The van der Waals surface area contributed by atoms with E-state index in [1.54, 1.807) is 5.06 Å². The Kier molecular flexibility index (Phi) is 1.29. The van der Waals surface area contributed by atoms with Crippen molar-refractivity contribution in [3.63, 3.8) is 0 Å². The summed E-state index contributed by atoms with van der Waals surface area (Å²) in [5.74, 6) is 0. The summed E-state index contributed by atoms with van der Waals surface area (Å²) in [4.78, 5) is 0. The monoisotopic (exact) mass is 141 g/mol. The molecular weight excluding hydrogens is 126 g/mol. The van der Waals surface area contributed by atoms with Crippen molar-refractivity contribution in [3.05, 3.63) is 0 Å². The van der Waals surface area contributed by atoms with Crippen LogP contribution in [-0.2, 0) is 0 Å². The van der Waals surface area contributed by atoms with E-state index in [2.05, 4.69) is 6.92 Å². The fourth-order valence-corrected chi connectivity index (χ4v) is 2.38. The Morgan fingerprint density at radius 2 is 2.20 bits per heavy atom. The van der Waals surface area contributed by atoms with Crippen LogP contribution < -0.4 is 0 Å². The minimum absolute atomic E-state index is 0.142. The summed E-state index contributed by atoms with van der Waals surface area (Å²) in [5.41, 5.74) is 0.142. The van der Waals surface area contributed by atoms with Crippen molar-refractivity contribution in [1.29, 1.82) is 0 Å². The van der Waals surface area contributed by atoms with E-state index in [4.69, 9.17) is 0 Å². The largest absolute Gasteiger partial charge is 0.313 e. The first-order valence-electron chi connectivity index (χ1n) is 4.21. The molecule has 2 atom stereocenters. The minimum Gasteiger partial charge on any atom is -0.313 e. The first-order valence-corrected chi connectivity index (χ1v) is 4.21. The summed E-state index contributed by atoms with van der Waals surface area (Å²) in [6.07, 6.45) is 6.07. The molecule has 0 saturated carbocycles. The molecule has 0 aromatic carbocycles. The van der Waals surface area contributed by atoms with Gasteiger partial charge in [-0.25, -0.2) is 0 Å². The zero-order valence-electron chi connectivity index (χ0n) is 6.51. The minimum atomic E-state index is 0.142. The van der Waals surface area contributed by atoms with Crippen LogP contribution in [-0.4, -0.2) is 21.9 Å². The summed E-state index contributed by atoms with van der Waals surface area (Å²) < 4.78 is 0. The fraction of sp³-hybridized carbons (Fsp3) is 1.00. The van der Waals surface area contributed by atoms with E-state index >= 15 is 0 Å². The maximum absolute atomic E-state index is 9.60. The van der Waals surface area contributed by atoms with Gasteiger partial charge >= 0.3 is 0 Å². The lowest BCUT2D eigenvalue weighted by Crippen LogP contribution is -2.45. The molecule has 2 aliphatic rings. The Balaban J connectivity index is 2.21. The topological polar surface area (TPSA) is 23.5 Å². The molecule has 2 fully saturated rings. The van der Waals surface area contributed by atoms with Gasteiger partial charge in [-0.15, -0.1) is 0 Å². The molecule has 2 aliphatic heterocycles. The molecule has 0 aromatic heterocycles. The standard InChI is InChI=1S/C8H15NO/c1-8-5-2-3-7(4-6-8)9(8)10/h7,10H,2-6H2,1H3. The molecule has 0 aliphatic carbocycles. The summed E-state index contributed by atoms with van der Waals surface area (Å²) in [7, 11) is 0. The lowest BCUT2D eigenvalue weighted by atomic mass is 9.92. The average molecular weight is 141 g/mol. The molecule has 2 saturated heterocycles. The van der Waals surface area contributed by atoms with Gasteiger partial charge in [0.25, 0.3) is 0 Å². The van der Waals surface area contributed by atoms with Gasteiger partial charge in [-0.1, -0.05) is 0 Å². The van der Waals surface area contributed by atoms with Gasteiger partial charge in [0.15, 0.2) is 0 Å². The van der Waals surface area contributed by atoms with Crippen LogP contribution >= 0.6 is 0 Å². The van der Waals surface area contributed by atoms with Gasteiger partial charge in [0, 0.05) is 11.6 Å². The predicted octanol–water partition coefficient (Wildman–Crippen LogP) is 1.78. The van der Waals surface area contributed by atoms with Gasteiger partial charge < -0.3 is 5.21 Å². The van der Waals surface area contributed by atoms with Crippen molar-refractivity contribution >= 4 is 0 Å². The highest BCUT2D eigenvalue weighted by Crippen LogP contribution is 2.41. The van der Waals surface area contributed by atoms with Crippen molar-refractivity contribution in [1.82, 2.24) is 5.06 Å². The Morgan fingerprint density at radius 1 is 1.40 bits per heavy atom. The van der Waals surface area contributed by atoms with Crippen molar-refractivity contribution in [3.8, 4) is 0 Å². The SMILES string of the molecule is CC12CCCC(CC1)N2O. The number of nitrogens with zero attached hydrogens (tertiary/aromatic N) is 1. The van der Waals surface area contributed by atoms with E-state index in [1.807, 2.05) is 0 Å². The van der Waals surface area contributed by atoms with Gasteiger partial charge in [-0.05, 0) is 39.0 Å². The van der Waals surface area contributed by atoms with Gasteiger partial charge in [0.05, 0.1) is 0 Å². The van der Waals surface area contributed by atoms with Crippen LogP contribution in [0.2, 0.25) is 0 Å². The normalized spacial score (nSPS) is 48.0. The van der Waals surface area contributed by atoms with Crippen LogP contribution in [0.25, 0.3) is 0 Å². The summed E-state index contributed by atoms with van der Waals surface area (Å²) >= 11 is 0. The molecule has 2 nitrogen and oxygen atoms in total. The second kappa shape index (κ2) is 1.95. The molecule has 0 amide bonds. The summed E-state index contributed by atoms with van der Waals surface area (Å²) in [6, 6.07) is 0.485. The highest BCUT2D eigenvalue weighted by Gasteiger charge is 2.44. The second-order valence-electron chi connectivity index (χ2n) is 3.93. The van der Waals surface area contributed by atoms with E-state index in [-0.39, 0.29) is 5.54 Å². The number of fused-ring (bicyclic) bond motifs is 2. The van der Waals surface area contributed by atoms with E-state index < -0.39 is 0 Å². The molecule has 10 heavy (non-hydrogen) atoms. The zero-order chi connectivity index (χ0) is 7.19. The van der Waals surface area contributed by atoms with E-state index in [0.717, 1.165) is 0 Å². The molecule has 2 heteroatoms. The number of hydroxylamine groups is 2. The third-order valence-electron chi connectivity index (χ3n) is 3.17. The van der Waals surface area contributed by atoms with E-state index in [0.29, 0.717) is 6.04 Å². The van der Waals surface area contributed by atoms with Gasteiger partial charge in [-0.2, -0.15) is 5.06 Å². The first kappa shape index (κ1) is 6.62. The van der Waals surface area contributed by atoms with Crippen LogP contribution in [0.15, 0.2) is 0 Å². The van der Waals surface area contributed by atoms with Crippen LogP contribution in [0.4, 0.5) is 0 Å². The lowest BCUT2D eigenvalue weighted by molar-refractivity contribution is -0.186. The Hall–Kier alpha value is -0.0800. The Bertz CT molecular complexity index is 144. The zero-order valence-corrected chi connectivity index (χ0v) is 6.51. The summed E-state index contributed by atoms with van der Waals surface area (Å²) in [5, 5.41) is 11.2. The molecule has 0 aromatic rings. The number of rotatable bonds is 0. The van der Waals surface area contributed by atoms with Crippen LogP contribution in [0.3, 0.4) is 0 Å². The predicted molar refractivity (Wildman–Crippen MR) is 38.9 cm³/mol. The third-order valence-corrected chi connectivity index (χ3v) is 3.17. The van der Waals surface area contributed by atoms with Crippen LogP contribution in [0.1, 0.15) is 39.0 Å². The van der Waals surface area contributed by atoms with Crippen molar-refractivity contribution in [2.45, 2.75) is 50.6 Å². The second-order valence-corrected chi connectivity index (χ2v) is 3.93. The molecular formula is C8H15NO. The van der Waals surface area contributed by atoms with Crippen molar-refractivity contribution < 1.29 is 5.21 Å². The molecule has 2 bridgehead atoms. The van der Waals surface area contributed by atoms with Crippen molar-refractivity contribution in [2.75, 3.05) is 0 Å². The highest BCUT2D eigenvalue weighted by atomic mass is 16.5. The molecule has 0 spiro atoms. The van der Waals surface area contributed by atoms with Crippen LogP contribution in [0.5, 0.6) is 0 Å².